The van der Waals surface area contributed by atoms with Crippen molar-refractivity contribution >= 4 is 11.8 Å². The quantitative estimate of drug-likeness (QED) is 0.604. The molecule has 2 aliphatic carbocycles. The van der Waals surface area contributed by atoms with Crippen molar-refractivity contribution in [3.63, 3.8) is 0 Å². The van der Waals surface area contributed by atoms with Crippen LogP contribution in [0, 0.1) is 17.8 Å². The molecule has 0 heterocycles. The Hall–Kier alpha value is -0.860. The third-order valence-corrected chi connectivity index (χ3v) is 2.79. The second-order valence-corrected chi connectivity index (χ2v) is 3.41. The Labute approximate surface area is 64.4 Å². The lowest BCUT2D eigenvalue weighted by Crippen LogP contribution is -2.08. The molecule has 0 aliphatic heterocycles. The summed E-state index contributed by atoms with van der Waals surface area (Å²) in [7, 11) is 0. The normalized spacial score (nSPS) is 41.5. The van der Waals surface area contributed by atoms with E-state index in [0.717, 1.165) is 12.8 Å². The number of Topliss-reactive ketones (excluding diaryl/α,β-unsaturated/α-hetero) is 1. The molecule has 0 spiro atoms. The third-order valence-electron chi connectivity index (χ3n) is 2.79. The molecule has 0 aromatic carbocycles. The van der Waals surface area contributed by atoms with Crippen molar-refractivity contribution in [1.82, 2.24) is 0 Å². The van der Waals surface area contributed by atoms with Gasteiger partial charge in [-0.25, -0.2) is 0 Å². The van der Waals surface area contributed by atoms with E-state index in [2.05, 4.69) is 0 Å². The maximum Gasteiger partial charge on any atom is 0.307 e. The van der Waals surface area contributed by atoms with Crippen LogP contribution < -0.4 is 0 Å². The maximum atomic E-state index is 11.1. The Morgan fingerprint density at radius 3 is 2.82 bits per heavy atom. The van der Waals surface area contributed by atoms with Gasteiger partial charge in [-0.2, -0.15) is 0 Å². The van der Waals surface area contributed by atoms with Crippen molar-refractivity contribution in [3.8, 4) is 0 Å². The second-order valence-electron chi connectivity index (χ2n) is 3.41. The molecule has 0 radical (unpaired) electrons. The Morgan fingerprint density at radius 1 is 1.55 bits per heavy atom. The lowest BCUT2D eigenvalue weighted by molar-refractivity contribution is -0.140. The first-order chi connectivity index (χ1) is 5.22. The number of carboxylic acids is 1. The van der Waals surface area contributed by atoms with Gasteiger partial charge in [0.2, 0.25) is 0 Å². The van der Waals surface area contributed by atoms with E-state index in [1.807, 2.05) is 0 Å². The molecular weight excluding hydrogens is 144 g/mol. The van der Waals surface area contributed by atoms with Crippen LogP contribution in [0.25, 0.3) is 0 Å². The zero-order valence-electron chi connectivity index (χ0n) is 6.12. The molecule has 0 aromatic rings. The SMILES string of the molecule is O=C(O)[C@H]1[C@@H]2CCCC(=O)[C@@H]21. The van der Waals surface area contributed by atoms with E-state index in [-0.39, 0.29) is 23.5 Å². The van der Waals surface area contributed by atoms with Gasteiger partial charge in [0.15, 0.2) is 0 Å². The number of hydrogen-bond acceptors (Lipinski definition) is 2. The van der Waals surface area contributed by atoms with Crippen molar-refractivity contribution in [2.45, 2.75) is 19.3 Å². The number of rotatable bonds is 1. The van der Waals surface area contributed by atoms with Crippen molar-refractivity contribution in [2.75, 3.05) is 0 Å². The highest BCUT2D eigenvalue weighted by Crippen LogP contribution is 2.53. The Morgan fingerprint density at radius 2 is 2.27 bits per heavy atom. The summed E-state index contributed by atoms with van der Waals surface area (Å²) in [6.45, 7) is 0. The van der Waals surface area contributed by atoms with Crippen molar-refractivity contribution in [2.24, 2.45) is 17.8 Å². The lowest BCUT2D eigenvalue weighted by Gasteiger charge is -2.04. The van der Waals surface area contributed by atoms with Gasteiger partial charge in [0.05, 0.1) is 5.92 Å². The number of carbonyl (C=O) groups is 2. The van der Waals surface area contributed by atoms with Crippen LogP contribution in [0.2, 0.25) is 0 Å². The van der Waals surface area contributed by atoms with E-state index < -0.39 is 5.97 Å². The van der Waals surface area contributed by atoms with E-state index in [4.69, 9.17) is 5.11 Å². The van der Waals surface area contributed by atoms with Gasteiger partial charge in [-0.15, -0.1) is 0 Å². The molecule has 0 amide bonds. The highest BCUT2D eigenvalue weighted by molar-refractivity contribution is 5.92. The maximum absolute atomic E-state index is 11.1. The van der Waals surface area contributed by atoms with Gasteiger partial charge in [0.25, 0.3) is 0 Å². The first kappa shape index (κ1) is 6.83. The fraction of sp³-hybridized carbons (Fsp3) is 0.750. The number of fused-ring (bicyclic) bond motifs is 1. The van der Waals surface area contributed by atoms with Crippen LogP contribution in [0.15, 0.2) is 0 Å². The largest absolute Gasteiger partial charge is 0.481 e. The molecule has 0 saturated heterocycles. The monoisotopic (exact) mass is 154 g/mol. The summed E-state index contributed by atoms with van der Waals surface area (Å²) in [6, 6.07) is 0. The predicted octanol–water partition coefficient (Wildman–Crippen LogP) is 0.686. The van der Waals surface area contributed by atoms with Crippen molar-refractivity contribution < 1.29 is 14.7 Å². The number of hydrogen-bond donors (Lipinski definition) is 1. The van der Waals surface area contributed by atoms with Gasteiger partial charge in [0.1, 0.15) is 5.78 Å². The smallest absolute Gasteiger partial charge is 0.307 e. The highest BCUT2D eigenvalue weighted by Gasteiger charge is 2.59. The minimum absolute atomic E-state index is 0.110. The summed E-state index contributed by atoms with van der Waals surface area (Å²) in [4.78, 5) is 21.6. The molecule has 3 heteroatoms. The molecule has 2 rings (SSSR count). The fourth-order valence-corrected chi connectivity index (χ4v) is 2.19. The Balaban J connectivity index is 2.10. The molecule has 2 aliphatic rings. The molecule has 0 bridgehead atoms. The first-order valence-electron chi connectivity index (χ1n) is 3.97. The minimum Gasteiger partial charge on any atom is -0.481 e. The molecule has 2 fully saturated rings. The molecule has 60 valence electrons. The molecule has 0 aromatic heterocycles. The number of carbonyl (C=O) groups excluding carboxylic acids is 1. The standard InChI is InChI=1S/C8H10O3/c9-5-3-1-2-4-6(5)7(4)8(10)11/h4,6-7H,1-3H2,(H,10,11)/t4-,6-,7+/m1/s1. The van der Waals surface area contributed by atoms with E-state index >= 15 is 0 Å². The van der Waals surface area contributed by atoms with E-state index in [1.165, 1.54) is 0 Å². The van der Waals surface area contributed by atoms with Gasteiger partial charge in [-0.3, -0.25) is 9.59 Å². The average molecular weight is 154 g/mol. The number of ketones is 1. The van der Waals surface area contributed by atoms with E-state index in [0.29, 0.717) is 6.42 Å². The first-order valence-corrected chi connectivity index (χ1v) is 3.97. The van der Waals surface area contributed by atoms with Crippen LogP contribution in [-0.4, -0.2) is 16.9 Å². The zero-order valence-corrected chi connectivity index (χ0v) is 6.12. The topological polar surface area (TPSA) is 54.4 Å². The van der Waals surface area contributed by atoms with Crippen LogP contribution in [0.3, 0.4) is 0 Å². The van der Waals surface area contributed by atoms with Gasteiger partial charge in [0, 0.05) is 12.3 Å². The molecule has 3 atom stereocenters. The van der Waals surface area contributed by atoms with Gasteiger partial charge in [-0.1, -0.05) is 0 Å². The van der Waals surface area contributed by atoms with E-state index in [9.17, 15) is 9.59 Å². The highest BCUT2D eigenvalue weighted by atomic mass is 16.4. The number of carboxylic acid groups (broad SMARTS) is 1. The molecule has 3 nitrogen and oxygen atoms in total. The molecule has 0 unspecified atom stereocenters. The lowest BCUT2D eigenvalue weighted by atomic mass is 10.00. The third kappa shape index (κ3) is 0.870. The summed E-state index contributed by atoms with van der Waals surface area (Å²) in [5.74, 6) is -0.857. The Kier molecular flexibility index (Phi) is 1.28. The molecule has 2 saturated carbocycles. The summed E-state index contributed by atoms with van der Waals surface area (Å²) in [5.41, 5.74) is 0. The van der Waals surface area contributed by atoms with Crippen molar-refractivity contribution in [1.29, 1.82) is 0 Å². The summed E-state index contributed by atoms with van der Waals surface area (Å²) in [5, 5.41) is 8.65. The summed E-state index contributed by atoms with van der Waals surface area (Å²) >= 11 is 0. The molecule has 11 heavy (non-hydrogen) atoms. The second kappa shape index (κ2) is 2.06. The Bertz CT molecular complexity index is 217. The van der Waals surface area contributed by atoms with Crippen LogP contribution >= 0.6 is 0 Å². The number of aliphatic carboxylic acids is 1. The minimum atomic E-state index is -0.782. The van der Waals surface area contributed by atoms with E-state index in [1.54, 1.807) is 0 Å². The zero-order chi connectivity index (χ0) is 8.01. The fourth-order valence-electron chi connectivity index (χ4n) is 2.19. The average Bonchev–Trinajstić information content (AvgIpc) is 2.62. The molecular formula is C8H10O3. The summed E-state index contributed by atoms with van der Waals surface area (Å²) in [6.07, 6.45) is 2.43. The van der Waals surface area contributed by atoms with Gasteiger partial charge >= 0.3 is 5.97 Å². The molecule has 1 N–H and O–H groups in total. The summed E-state index contributed by atoms with van der Waals surface area (Å²) < 4.78 is 0. The van der Waals surface area contributed by atoms with Crippen LogP contribution in [0.5, 0.6) is 0 Å². The van der Waals surface area contributed by atoms with Gasteiger partial charge < -0.3 is 5.11 Å². The van der Waals surface area contributed by atoms with Crippen LogP contribution in [-0.2, 0) is 9.59 Å². The van der Waals surface area contributed by atoms with Gasteiger partial charge in [-0.05, 0) is 18.8 Å². The van der Waals surface area contributed by atoms with Crippen LogP contribution in [0.1, 0.15) is 19.3 Å². The van der Waals surface area contributed by atoms with Crippen molar-refractivity contribution in [3.05, 3.63) is 0 Å². The predicted molar refractivity (Wildman–Crippen MR) is 37.0 cm³/mol. The van der Waals surface area contributed by atoms with Crippen LogP contribution in [0.4, 0.5) is 0 Å².